The lowest BCUT2D eigenvalue weighted by Gasteiger charge is -2.62. The van der Waals surface area contributed by atoms with Crippen molar-refractivity contribution in [3.8, 4) is 0 Å². The SMILES string of the molecule is CC(C)/C1=C\CC(N2CCC23CCN(C(C)C)C3)C2(CCC1)CNC2. The van der Waals surface area contributed by atoms with Crippen LogP contribution < -0.4 is 5.32 Å². The van der Waals surface area contributed by atoms with Gasteiger partial charge in [0, 0.05) is 55.8 Å². The summed E-state index contributed by atoms with van der Waals surface area (Å²) in [6, 6.07) is 1.47. The molecule has 142 valence electrons. The van der Waals surface area contributed by atoms with Gasteiger partial charge < -0.3 is 5.32 Å². The van der Waals surface area contributed by atoms with Crippen LogP contribution in [0.1, 0.15) is 66.2 Å². The second-order valence-corrected chi connectivity index (χ2v) is 9.99. The van der Waals surface area contributed by atoms with E-state index in [0.717, 1.165) is 12.0 Å². The molecule has 3 heteroatoms. The molecule has 0 bridgehead atoms. The van der Waals surface area contributed by atoms with Gasteiger partial charge in [0.25, 0.3) is 0 Å². The first-order valence-corrected chi connectivity index (χ1v) is 10.9. The Morgan fingerprint density at radius 2 is 1.84 bits per heavy atom. The van der Waals surface area contributed by atoms with E-state index in [9.17, 15) is 0 Å². The average Bonchev–Trinajstić information content (AvgIpc) is 2.95. The topological polar surface area (TPSA) is 18.5 Å². The zero-order chi connectivity index (χ0) is 17.7. The second-order valence-electron chi connectivity index (χ2n) is 9.99. The van der Waals surface area contributed by atoms with E-state index >= 15 is 0 Å². The molecule has 3 nitrogen and oxygen atoms in total. The Balaban J connectivity index is 1.56. The Kier molecular flexibility index (Phi) is 4.79. The summed E-state index contributed by atoms with van der Waals surface area (Å²) >= 11 is 0. The van der Waals surface area contributed by atoms with Crippen molar-refractivity contribution in [3.63, 3.8) is 0 Å². The maximum absolute atomic E-state index is 3.64. The highest BCUT2D eigenvalue weighted by Gasteiger charge is 2.57. The Morgan fingerprint density at radius 3 is 2.36 bits per heavy atom. The quantitative estimate of drug-likeness (QED) is 0.788. The monoisotopic (exact) mass is 345 g/mol. The summed E-state index contributed by atoms with van der Waals surface area (Å²) in [6.45, 7) is 16.0. The molecule has 0 aromatic heterocycles. The van der Waals surface area contributed by atoms with Gasteiger partial charge in [0.2, 0.25) is 0 Å². The summed E-state index contributed by atoms with van der Waals surface area (Å²) < 4.78 is 0. The molecular formula is C22H39N3. The van der Waals surface area contributed by atoms with Crippen LogP contribution in [-0.4, -0.2) is 60.1 Å². The van der Waals surface area contributed by atoms with E-state index in [1.807, 2.05) is 0 Å². The van der Waals surface area contributed by atoms with E-state index < -0.39 is 0 Å². The fourth-order valence-electron chi connectivity index (χ4n) is 6.08. The van der Waals surface area contributed by atoms with Gasteiger partial charge in [-0.15, -0.1) is 0 Å². The lowest BCUT2D eigenvalue weighted by atomic mass is 9.65. The highest BCUT2D eigenvalue weighted by Crippen LogP contribution is 2.49. The molecule has 0 radical (unpaired) electrons. The van der Waals surface area contributed by atoms with Gasteiger partial charge in [0.15, 0.2) is 0 Å². The first-order chi connectivity index (χ1) is 12.0. The van der Waals surface area contributed by atoms with Crippen molar-refractivity contribution in [1.82, 2.24) is 15.1 Å². The maximum atomic E-state index is 3.64. The molecule has 3 saturated heterocycles. The Morgan fingerprint density at radius 1 is 1.08 bits per heavy atom. The van der Waals surface area contributed by atoms with Crippen LogP contribution >= 0.6 is 0 Å². The lowest BCUT2D eigenvalue weighted by molar-refractivity contribution is -0.106. The second kappa shape index (κ2) is 6.65. The number of likely N-dealkylation sites (tertiary alicyclic amines) is 2. The molecule has 2 atom stereocenters. The van der Waals surface area contributed by atoms with E-state index in [1.54, 1.807) is 5.57 Å². The number of allylic oxidation sites excluding steroid dienone is 1. The molecule has 0 saturated carbocycles. The zero-order valence-electron chi connectivity index (χ0n) is 17.0. The van der Waals surface area contributed by atoms with Crippen LogP contribution in [0.4, 0.5) is 0 Å². The van der Waals surface area contributed by atoms with Crippen molar-refractivity contribution in [2.24, 2.45) is 11.3 Å². The molecule has 2 spiro atoms. The van der Waals surface area contributed by atoms with Crippen molar-refractivity contribution >= 4 is 0 Å². The maximum Gasteiger partial charge on any atom is 0.0364 e. The van der Waals surface area contributed by atoms with Crippen LogP contribution in [0.25, 0.3) is 0 Å². The van der Waals surface area contributed by atoms with Crippen molar-refractivity contribution in [1.29, 1.82) is 0 Å². The Bertz CT molecular complexity index is 519. The normalized spacial score (nSPS) is 38.5. The third kappa shape index (κ3) is 3.00. The summed E-state index contributed by atoms with van der Waals surface area (Å²) in [6.07, 6.45) is 10.9. The lowest BCUT2D eigenvalue weighted by Crippen LogP contribution is -2.73. The van der Waals surface area contributed by atoms with Crippen molar-refractivity contribution in [2.75, 3.05) is 32.7 Å². The fourth-order valence-corrected chi connectivity index (χ4v) is 6.08. The largest absolute Gasteiger partial charge is 0.315 e. The minimum atomic E-state index is 0.503. The van der Waals surface area contributed by atoms with Gasteiger partial charge in [-0.1, -0.05) is 25.5 Å². The summed E-state index contributed by atoms with van der Waals surface area (Å²) in [7, 11) is 0. The van der Waals surface area contributed by atoms with Gasteiger partial charge in [-0.05, 0) is 58.3 Å². The number of rotatable bonds is 3. The Labute approximate surface area is 155 Å². The van der Waals surface area contributed by atoms with Crippen LogP contribution in [0.15, 0.2) is 11.6 Å². The molecule has 0 aromatic rings. The van der Waals surface area contributed by atoms with E-state index in [4.69, 9.17) is 0 Å². The van der Waals surface area contributed by atoms with Gasteiger partial charge in [0.05, 0.1) is 0 Å². The number of hydrogen-bond donors (Lipinski definition) is 1. The summed E-state index contributed by atoms with van der Waals surface area (Å²) in [4.78, 5) is 5.70. The third-order valence-electron chi connectivity index (χ3n) is 8.04. The highest BCUT2D eigenvalue weighted by molar-refractivity contribution is 5.17. The van der Waals surface area contributed by atoms with Gasteiger partial charge >= 0.3 is 0 Å². The van der Waals surface area contributed by atoms with Crippen molar-refractivity contribution in [2.45, 2.75) is 83.8 Å². The van der Waals surface area contributed by atoms with Gasteiger partial charge in [-0.2, -0.15) is 0 Å². The van der Waals surface area contributed by atoms with Crippen LogP contribution in [0.5, 0.6) is 0 Å². The first kappa shape index (κ1) is 18.0. The minimum Gasteiger partial charge on any atom is -0.315 e. The van der Waals surface area contributed by atoms with Gasteiger partial charge in [0.1, 0.15) is 0 Å². The predicted octanol–water partition coefficient (Wildman–Crippen LogP) is 3.66. The number of nitrogens with one attached hydrogen (secondary N) is 1. The van der Waals surface area contributed by atoms with Crippen LogP contribution in [0, 0.1) is 11.3 Å². The van der Waals surface area contributed by atoms with E-state index in [-0.39, 0.29) is 0 Å². The van der Waals surface area contributed by atoms with Crippen molar-refractivity contribution < 1.29 is 0 Å². The molecule has 2 unspecified atom stereocenters. The average molecular weight is 346 g/mol. The molecular weight excluding hydrogens is 306 g/mol. The van der Waals surface area contributed by atoms with Crippen LogP contribution in [0.2, 0.25) is 0 Å². The molecule has 3 fully saturated rings. The van der Waals surface area contributed by atoms with Gasteiger partial charge in [-0.25, -0.2) is 0 Å². The molecule has 1 aliphatic carbocycles. The number of nitrogens with zero attached hydrogens (tertiary/aromatic N) is 2. The van der Waals surface area contributed by atoms with Crippen molar-refractivity contribution in [3.05, 3.63) is 11.6 Å². The predicted molar refractivity (Wildman–Crippen MR) is 106 cm³/mol. The number of hydrogen-bond acceptors (Lipinski definition) is 3. The highest BCUT2D eigenvalue weighted by atomic mass is 15.4. The first-order valence-electron chi connectivity index (χ1n) is 10.9. The molecule has 1 N–H and O–H groups in total. The van der Waals surface area contributed by atoms with E-state index in [1.165, 1.54) is 71.2 Å². The Hall–Kier alpha value is -0.380. The molecule has 0 amide bonds. The zero-order valence-corrected chi connectivity index (χ0v) is 17.0. The van der Waals surface area contributed by atoms with Gasteiger partial charge in [-0.3, -0.25) is 9.80 Å². The molecule has 3 heterocycles. The molecule has 25 heavy (non-hydrogen) atoms. The van der Waals surface area contributed by atoms with Crippen LogP contribution in [-0.2, 0) is 0 Å². The molecule has 0 aromatic carbocycles. The standard InChI is InChI=1S/C22H39N3/c1-17(2)19-6-5-9-21(14-23-15-21)20(8-7-19)25-13-11-22(25)10-12-24(16-22)18(3)4/h7,17-18,20,23H,5-6,8-16H2,1-4H3/b19-7-. The van der Waals surface area contributed by atoms with Crippen LogP contribution in [0.3, 0.4) is 0 Å². The smallest absolute Gasteiger partial charge is 0.0364 e. The van der Waals surface area contributed by atoms with E-state index in [0.29, 0.717) is 17.0 Å². The molecule has 4 rings (SSSR count). The fraction of sp³-hybridized carbons (Fsp3) is 0.909. The minimum absolute atomic E-state index is 0.503. The van der Waals surface area contributed by atoms with E-state index in [2.05, 4.69) is 48.9 Å². The molecule has 3 aliphatic heterocycles. The summed E-state index contributed by atoms with van der Waals surface area (Å²) in [5.41, 5.74) is 2.78. The third-order valence-corrected chi connectivity index (χ3v) is 8.04. The summed E-state index contributed by atoms with van der Waals surface area (Å²) in [5, 5.41) is 3.64. The molecule has 4 aliphatic rings. The summed E-state index contributed by atoms with van der Waals surface area (Å²) in [5.74, 6) is 0.725.